The zero-order valence-corrected chi connectivity index (χ0v) is 14.6. The number of rotatable bonds is 4. The van der Waals surface area contributed by atoms with Gasteiger partial charge in [-0.1, -0.05) is 6.07 Å². The number of benzene rings is 1. The molecule has 1 aromatic carbocycles. The van der Waals surface area contributed by atoms with Crippen molar-refractivity contribution in [2.24, 2.45) is 0 Å². The van der Waals surface area contributed by atoms with Crippen LogP contribution in [0.1, 0.15) is 16.8 Å². The van der Waals surface area contributed by atoms with Crippen LogP contribution in [0.3, 0.4) is 0 Å². The Hall–Kier alpha value is -3.48. The predicted octanol–water partition coefficient (Wildman–Crippen LogP) is 4.06. The van der Waals surface area contributed by atoms with Gasteiger partial charge in [0.15, 0.2) is 0 Å². The molecule has 1 N–H and O–H groups in total. The van der Waals surface area contributed by atoms with Gasteiger partial charge in [-0.25, -0.2) is 9.18 Å². The Balaban J connectivity index is 1.58. The fraction of sp³-hybridized carbons (Fsp3) is 0.150. The SMILES string of the molecule is Cc1ccc(OCc2ncccc2F)cc1N1Cc2cnccc2NC1=O. The molecule has 1 aliphatic heterocycles. The van der Waals surface area contributed by atoms with Gasteiger partial charge in [-0.05, 0) is 36.8 Å². The number of nitrogens with zero attached hydrogens (tertiary/aromatic N) is 3. The van der Waals surface area contributed by atoms with Crippen molar-refractivity contribution in [3.05, 3.63) is 77.6 Å². The second kappa shape index (κ2) is 7.03. The molecule has 2 aromatic heterocycles. The van der Waals surface area contributed by atoms with Crippen molar-refractivity contribution in [2.75, 3.05) is 10.2 Å². The van der Waals surface area contributed by atoms with E-state index in [0.29, 0.717) is 12.3 Å². The molecule has 0 radical (unpaired) electrons. The maximum absolute atomic E-state index is 13.7. The highest BCUT2D eigenvalue weighted by Gasteiger charge is 2.25. The number of aromatic nitrogens is 2. The summed E-state index contributed by atoms with van der Waals surface area (Å²) in [5.74, 6) is 0.120. The molecule has 0 unspecified atom stereocenters. The summed E-state index contributed by atoms with van der Waals surface area (Å²) in [7, 11) is 0. The van der Waals surface area contributed by atoms with Crippen molar-refractivity contribution in [1.82, 2.24) is 9.97 Å². The summed E-state index contributed by atoms with van der Waals surface area (Å²) >= 11 is 0. The largest absolute Gasteiger partial charge is 0.487 e. The van der Waals surface area contributed by atoms with Crippen molar-refractivity contribution in [3.8, 4) is 5.75 Å². The summed E-state index contributed by atoms with van der Waals surface area (Å²) in [6.45, 7) is 2.34. The van der Waals surface area contributed by atoms with Crippen molar-refractivity contribution in [3.63, 3.8) is 0 Å². The molecular formula is C20H17FN4O2. The fourth-order valence-electron chi connectivity index (χ4n) is 2.94. The summed E-state index contributed by atoms with van der Waals surface area (Å²) in [4.78, 5) is 22.3. The molecule has 27 heavy (non-hydrogen) atoms. The summed E-state index contributed by atoms with van der Waals surface area (Å²) in [5, 5.41) is 2.87. The lowest BCUT2D eigenvalue weighted by atomic mass is 10.1. The van der Waals surface area contributed by atoms with Crippen LogP contribution in [0, 0.1) is 12.7 Å². The molecule has 0 saturated carbocycles. The number of aryl methyl sites for hydroxylation is 1. The first-order chi connectivity index (χ1) is 13.1. The number of anilines is 2. The number of hydrogen-bond acceptors (Lipinski definition) is 4. The molecule has 0 bridgehead atoms. The quantitative estimate of drug-likeness (QED) is 0.758. The molecule has 1 aliphatic rings. The lowest BCUT2D eigenvalue weighted by Crippen LogP contribution is -2.39. The number of carbonyl (C=O) groups excluding carboxylic acids is 1. The molecule has 0 spiro atoms. The van der Waals surface area contributed by atoms with Crippen molar-refractivity contribution in [2.45, 2.75) is 20.1 Å². The average Bonchev–Trinajstić information content (AvgIpc) is 2.68. The third kappa shape index (κ3) is 3.44. The monoisotopic (exact) mass is 364 g/mol. The number of halogens is 1. The van der Waals surface area contributed by atoms with Gasteiger partial charge >= 0.3 is 6.03 Å². The topological polar surface area (TPSA) is 67.3 Å². The van der Waals surface area contributed by atoms with Crippen LogP contribution in [-0.2, 0) is 13.2 Å². The van der Waals surface area contributed by atoms with Gasteiger partial charge in [0.25, 0.3) is 0 Å². The zero-order chi connectivity index (χ0) is 18.8. The number of hydrogen-bond donors (Lipinski definition) is 1. The van der Waals surface area contributed by atoms with Crippen LogP contribution < -0.4 is 15.0 Å². The van der Waals surface area contributed by atoms with Gasteiger partial charge in [0.05, 0.1) is 17.9 Å². The molecule has 0 fully saturated rings. The van der Waals surface area contributed by atoms with Gasteiger partial charge in [0.2, 0.25) is 0 Å². The molecule has 4 rings (SSSR count). The van der Waals surface area contributed by atoms with E-state index in [1.807, 2.05) is 13.0 Å². The van der Waals surface area contributed by atoms with Gasteiger partial charge in [-0.2, -0.15) is 0 Å². The molecule has 6 nitrogen and oxygen atoms in total. The van der Waals surface area contributed by atoms with E-state index in [1.165, 1.54) is 18.3 Å². The lowest BCUT2D eigenvalue weighted by Gasteiger charge is -2.30. The normalized spacial score (nSPS) is 13.1. The molecule has 0 atom stereocenters. The van der Waals surface area contributed by atoms with Gasteiger partial charge in [-0.3, -0.25) is 14.9 Å². The highest BCUT2D eigenvalue weighted by Crippen LogP contribution is 2.31. The van der Waals surface area contributed by atoms with E-state index in [-0.39, 0.29) is 18.3 Å². The Labute approximate surface area is 155 Å². The van der Waals surface area contributed by atoms with Crippen LogP contribution in [0.4, 0.5) is 20.6 Å². The number of pyridine rings is 2. The first kappa shape index (κ1) is 17.0. The molecule has 3 aromatic rings. The second-order valence-electron chi connectivity index (χ2n) is 6.22. The number of nitrogens with one attached hydrogen (secondary N) is 1. The second-order valence-corrected chi connectivity index (χ2v) is 6.22. The zero-order valence-electron chi connectivity index (χ0n) is 14.6. The minimum atomic E-state index is -0.413. The van der Waals surface area contributed by atoms with Crippen molar-refractivity contribution in [1.29, 1.82) is 0 Å². The highest BCUT2D eigenvalue weighted by atomic mass is 19.1. The molecule has 136 valence electrons. The summed E-state index contributed by atoms with van der Waals surface area (Å²) in [6, 6.07) is 9.86. The van der Waals surface area contributed by atoms with E-state index in [2.05, 4.69) is 15.3 Å². The number of carbonyl (C=O) groups is 1. The number of fused-ring (bicyclic) bond motifs is 1. The maximum atomic E-state index is 13.7. The van der Waals surface area contributed by atoms with Crippen LogP contribution >= 0.6 is 0 Å². The van der Waals surface area contributed by atoms with E-state index >= 15 is 0 Å². The van der Waals surface area contributed by atoms with Gasteiger partial charge in [0, 0.05) is 30.2 Å². The van der Waals surface area contributed by atoms with Crippen molar-refractivity contribution < 1.29 is 13.9 Å². The first-order valence-corrected chi connectivity index (χ1v) is 8.46. The van der Waals surface area contributed by atoms with E-state index in [4.69, 9.17) is 4.74 Å². The van der Waals surface area contributed by atoms with E-state index < -0.39 is 5.82 Å². The Bertz CT molecular complexity index is 1010. The van der Waals surface area contributed by atoms with Gasteiger partial charge in [-0.15, -0.1) is 0 Å². The third-order valence-electron chi connectivity index (χ3n) is 4.40. The molecule has 2 amide bonds. The molecule has 0 saturated heterocycles. The minimum absolute atomic E-state index is 0.00806. The molecule has 3 heterocycles. The minimum Gasteiger partial charge on any atom is -0.487 e. The Kier molecular flexibility index (Phi) is 4.42. The number of amides is 2. The third-order valence-corrected chi connectivity index (χ3v) is 4.40. The van der Waals surface area contributed by atoms with Crippen LogP contribution in [0.5, 0.6) is 5.75 Å². The smallest absolute Gasteiger partial charge is 0.326 e. The highest BCUT2D eigenvalue weighted by molar-refractivity contribution is 6.04. The fourth-order valence-corrected chi connectivity index (χ4v) is 2.94. The molecule has 0 aliphatic carbocycles. The predicted molar refractivity (Wildman–Crippen MR) is 99.1 cm³/mol. The van der Waals surface area contributed by atoms with Gasteiger partial charge in [0.1, 0.15) is 23.9 Å². The van der Waals surface area contributed by atoms with Crippen LogP contribution in [0.15, 0.2) is 55.0 Å². The van der Waals surface area contributed by atoms with Gasteiger partial charge < -0.3 is 10.1 Å². The van der Waals surface area contributed by atoms with Crippen LogP contribution in [0.2, 0.25) is 0 Å². The lowest BCUT2D eigenvalue weighted by molar-refractivity contribution is 0.256. The average molecular weight is 364 g/mol. The summed E-state index contributed by atoms with van der Waals surface area (Å²) < 4.78 is 19.4. The molecule has 7 heteroatoms. The van der Waals surface area contributed by atoms with E-state index in [0.717, 1.165) is 22.5 Å². The Morgan fingerprint density at radius 3 is 3.00 bits per heavy atom. The standard InChI is InChI=1S/C20H17FN4O2/c1-13-4-5-15(27-12-18-16(21)3-2-7-23-18)9-19(13)25-11-14-10-22-8-6-17(14)24-20(25)26/h2-10H,11-12H2,1H3,(H,24,26). The molecular weight excluding hydrogens is 347 g/mol. The maximum Gasteiger partial charge on any atom is 0.326 e. The number of urea groups is 1. The Morgan fingerprint density at radius 2 is 2.15 bits per heavy atom. The first-order valence-electron chi connectivity index (χ1n) is 8.46. The van der Waals surface area contributed by atoms with Crippen LogP contribution in [-0.4, -0.2) is 16.0 Å². The number of ether oxygens (including phenoxy) is 1. The Morgan fingerprint density at radius 1 is 1.26 bits per heavy atom. The van der Waals surface area contributed by atoms with Crippen LogP contribution in [0.25, 0.3) is 0 Å². The van der Waals surface area contributed by atoms with E-state index in [1.54, 1.807) is 35.5 Å². The summed E-state index contributed by atoms with van der Waals surface area (Å²) in [5.41, 5.74) is 3.57. The van der Waals surface area contributed by atoms with E-state index in [9.17, 15) is 9.18 Å². The summed E-state index contributed by atoms with van der Waals surface area (Å²) in [6.07, 6.45) is 4.90. The van der Waals surface area contributed by atoms with Crippen molar-refractivity contribution >= 4 is 17.4 Å².